The van der Waals surface area contributed by atoms with Crippen LogP contribution in [-0.4, -0.2) is 36.8 Å². The van der Waals surface area contributed by atoms with Crippen LogP contribution in [0.2, 0.25) is 0 Å². The van der Waals surface area contributed by atoms with Crippen molar-refractivity contribution in [3.8, 4) is 0 Å². The summed E-state index contributed by atoms with van der Waals surface area (Å²) in [7, 11) is 1.94. The Balaban J connectivity index is 0.000000401. The number of hydrogen-bond acceptors (Lipinski definition) is 7. The number of rotatable bonds is 9. The van der Waals surface area contributed by atoms with Gasteiger partial charge in [0.15, 0.2) is 0 Å². The molecule has 10 heteroatoms. The van der Waals surface area contributed by atoms with E-state index < -0.39 is 11.9 Å². The molecule has 38 heavy (non-hydrogen) atoms. The maximum absolute atomic E-state index is 11.9. The number of hydrogen-bond donors (Lipinski definition) is 0. The number of carbonyl (C=O) groups excluding carboxylic acids is 4. The zero-order valence-electron chi connectivity index (χ0n) is 21.8. The molecule has 9 nitrogen and oxygen atoms in total. The summed E-state index contributed by atoms with van der Waals surface area (Å²) in [4.78, 5) is 45.6. The van der Waals surface area contributed by atoms with Crippen LogP contribution < -0.4 is 33.4 Å². The number of aromatic nitrogens is 1. The summed E-state index contributed by atoms with van der Waals surface area (Å²) in [5, 5.41) is 0. The summed E-state index contributed by atoms with van der Waals surface area (Å²) in [5.74, 6) is -0.782. The molecule has 0 spiro atoms. The molecule has 0 aliphatic rings. The predicted molar refractivity (Wildman–Crippen MR) is 138 cm³/mol. The Labute approximate surface area is 238 Å². The van der Waals surface area contributed by atoms with Gasteiger partial charge in [-0.25, -0.2) is 4.79 Å². The van der Waals surface area contributed by atoms with Gasteiger partial charge in [-0.1, -0.05) is 36.9 Å². The van der Waals surface area contributed by atoms with Crippen molar-refractivity contribution < 1.29 is 61.6 Å². The highest BCUT2D eigenvalue weighted by atomic mass is 127. The van der Waals surface area contributed by atoms with Crippen LogP contribution in [0.5, 0.6) is 0 Å². The van der Waals surface area contributed by atoms with Crippen LogP contribution in [0.25, 0.3) is 17.2 Å². The number of fused-ring (bicyclic) bond motifs is 1. The van der Waals surface area contributed by atoms with Gasteiger partial charge in [-0.3, -0.25) is 19.3 Å². The Morgan fingerprint density at radius 3 is 2.13 bits per heavy atom. The normalized spacial score (nSPS) is 10.1. The number of Topliss-reactive ketones (excluding diaryl/α,β-unsaturated/α-hetero) is 1. The lowest BCUT2D eigenvalue weighted by Crippen LogP contribution is -3.00. The van der Waals surface area contributed by atoms with E-state index in [0.29, 0.717) is 5.89 Å². The lowest BCUT2D eigenvalue weighted by molar-refractivity contribution is -0.652. The largest absolute Gasteiger partial charge is 1.00 e. The van der Waals surface area contributed by atoms with Gasteiger partial charge in [0.2, 0.25) is 11.5 Å². The van der Waals surface area contributed by atoms with Crippen LogP contribution >= 0.6 is 0 Å². The maximum Gasteiger partial charge on any atom is 0.375 e. The quantitative estimate of drug-likeness (QED) is 0.0861. The Hall–Kier alpha value is -3.80. The third kappa shape index (κ3) is 10.3. The Kier molecular flexibility index (Phi) is 13.7. The van der Waals surface area contributed by atoms with E-state index >= 15 is 0 Å². The number of halogens is 1. The highest BCUT2D eigenvalue weighted by Crippen LogP contribution is 2.17. The number of anilines is 1. The van der Waals surface area contributed by atoms with E-state index in [2.05, 4.69) is 16.1 Å². The molecule has 3 aromatic rings. The molecular formula is C28H31IN2O7. The minimum Gasteiger partial charge on any atom is -1.00 e. The number of benzene rings is 2. The van der Waals surface area contributed by atoms with Crippen molar-refractivity contribution in [3.63, 3.8) is 0 Å². The molecule has 0 bridgehead atoms. The Bertz CT molecular complexity index is 1300. The molecule has 1 amide bonds. The third-order valence-corrected chi connectivity index (χ3v) is 4.83. The second-order valence-corrected chi connectivity index (χ2v) is 8.02. The van der Waals surface area contributed by atoms with Gasteiger partial charge in [0.1, 0.15) is 32.5 Å². The monoisotopic (exact) mass is 634 g/mol. The van der Waals surface area contributed by atoms with Gasteiger partial charge >= 0.3 is 17.8 Å². The molecule has 0 N–H and O–H groups in total. The number of nitrogens with zero attached hydrogens (tertiary/aromatic N) is 2. The average Bonchev–Trinajstić information content (AvgIpc) is 3.17. The van der Waals surface area contributed by atoms with Crippen molar-refractivity contribution in [3.05, 3.63) is 78.8 Å². The summed E-state index contributed by atoms with van der Waals surface area (Å²) in [6, 6.07) is 17.3. The average molecular weight is 634 g/mol. The fourth-order valence-electron chi connectivity index (χ4n) is 3.03. The standard InChI is InChI=1S/C18H17N2O2.C10H14O5.HI/c1-14(21)20(15-8-4-3-5-9-15)13-12-18-19(2)16-10-6-7-11-17(16)22-18;1-7(2)10(13)15-5-4-14-9(12)6-8(3)11;/h3-13H,1-2H3;1,4-6H2,2-3H3;1H/q+1;;/p-1. The number of esters is 2. The first-order valence-corrected chi connectivity index (χ1v) is 11.5. The lowest BCUT2D eigenvalue weighted by atomic mass is 10.3. The van der Waals surface area contributed by atoms with Crippen molar-refractivity contribution in [2.75, 3.05) is 18.1 Å². The highest BCUT2D eigenvalue weighted by molar-refractivity contribution is 5.94. The van der Waals surface area contributed by atoms with Crippen LogP contribution in [-0.2, 0) is 35.7 Å². The van der Waals surface area contributed by atoms with Gasteiger partial charge in [0.05, 0.1) is 6.08 Å². The molecule has 0 radical (unpaired) electrons. The SMILES string of the molecule is C=C(C)C(=O)OCCOC(=O)CC(C)=O.CC(=O)N(/C=C/c1oc2ccccc2[n+]1C)c1ccccc1.[I-]. The molecule has 0 fully saturated rings. The molecule has 0 saturated heterocycles. The molecule has 1 aromatic heterocycles. The van der Waals surface area contributed by atoms with Gasteiger partial charge in [-0.2, -0.15) is 4.57 Å². The molecule has 0 saturated carbocycles. The van der Waals surface area contributed by atoms with E-state index in [-0.39, 0.29) is 60.9 Å². The fourth-order valence-corrected chi connectivity index (χ4v) is 3.03. The van der Waals surface area contributed by atoms with Crippen molar-refractivity contribution in [1.29, 1.82) is 0 Å². The topological polar surface area (TPSA) is 107 Å². The van der Waals surface area contributed by atoms with Crippen molar-refractivity contribution in [1.82, 2.24) is 0 Å². The van der Waals surface area contributed by atoms with Crippen molar-refractivity contribution in [2.45, 2.75) is 27.2 Å². The van der Waals surface area contributed by atoms with E-state index in [1.165, 1.54) is 20.8 Å². The van der Waals surface area contributed by atoms with E-state index in [9.17, 15) is 19.2 Å². The number of carbonyl (C=O) groups is 4. The van der Waals surface area contributed by atoms with E-state index in [4.69, 9.17) is 4.42 Å². The first-order valence-electron chi connectivity index (χ1n) is 11.5. The molecule has 0 atom stereocenters. The maximum atomic E-state index is 11.9. The molecule has 1 heterocycles. The summed E-state index contributed by atoms with van der Waals surface area (Å²) < 4.78 is 17.0. The number of oxazole rings is 1. The predicted octanol–water partition coefficient (Wildman–Crippen LogP) is 0.913. The van der Waals surface area contributed by atoms with Crippen LogP contribution in [0.15, 0.2) is 77.4 Å². The second kappa shape index (κ2) is 16.1. The number of ether oxygens (including phenoxy) is 2. The zero-order chi connectivity index (χ0) is 27.4. The summed E-state index contributed by atoms with van der Waals surface area (Å²) in [6.07, 6.45) is 3.28. The molecule has 0 aliphatic heterocycles. The number of para-hydroxylation sites is 3. The van der Waals surface area contributed by atoms with E-state index in [0.717, 1.165) is 16.8 Å². The molecule has 2 aromatic carbocycles. The Morgan fingerprint density at radius 1 is 0.947 bits per heavy atom. The van der Waals surface area contributed by atoms with Gasteiger partial charge in [0, 0.05) is 30.5 Å². The first kappa shape index (κ1) is 32.2. The summed E-state index contributed by atoms with van der Waals surface area (Å²) in [6.45, 7) is 7.65. The minimum atomic E-state index is -0.617. The fraction of sp³-hybridized carbons (Fsp3) is 0.250. The smallest absolute Gasteiger partial charge is 0.375 e. The Morgan fingerprint density at radius 2 is 1.55 bits per heavy atom. The summed E-state index contributed by atoms with van der Waals surface area (Å²) >= 11 is 0. The number of aryl methyl sites for hydroxylation is 1. The van der Waals surface area contributed by atoms with Gasteiger partial charge in [-0.05, 0) is 32.0 Å². The van der Waals surface area contributed by atoms with Crippen LogP contribution in [0.3, 0.4) is 0 Å². The summed E-state index contributed by atoms with van der Waals surface area (Å²) in [5.41, 5.74) is 2.94. The lowest BCUT2D eigenvalue weighted by Gasteiger charge is -2.15. The zero-order valence-corrected chi connectivity index (χ0v) is 24.0. The first-order chi connectivity index (χ1) is 17.6. The van der Waals surface area contributed by atoms with Gasteiger partial charge in [-0.15, -0.1) is 0 Å². The van der Waals surface area contributed by atoms with Gasteiger partial charge in [0.25, 0.3) is 5.52 Å². The second-order valence-electron chi connectivity index (χ2n) is 8.02. The molecule has 3 rings (SSSR count). The van der Waals surface area contributed by atoms with Crippen molar-refractivity contribution in [2.24, 2.45) is 7.05 Å². The van der Waals surface area contributed by atoms with E-state index in [1.54, 1.807) is 17.2 Å². The van der Waals surface area contributed by atoms with Crippen LogP contribution in [0.4, 0.5) is 5.69 Å². The molecular weight excluding hydrogens is 603 g/mol. The van der Waals surface area contributed by atoms with Crippen molar-refractivity contribution >= 4 is 46.5 Å². The number of ketones is 1. The van der Waals surface area contributed by atoms with Crippen LogP contribution in [0, 0.1) is 0 Å². The highest BCUT2D eigenvalue weighted by Gasteiger charge is 2.16. The third-order valence-electron chi connectivity index (χ3n) is 4.83. The van der Waals surface area contributed by atoms with Gasteiger partial charge < -0.3 is 37.9 Å². The number of amides is 1. The van der Waals surface area contributed by atoms with E-state index in [1.807, 2.05) is 66.2 Å². The molecule has 0 aliphatic carbocycles. The molecule has 202 valence electrons. The minimum absolute atomic E-state index is 0. The van der Waals surface area contributed by atoms with Crippen LogP contribution in [0.1, 0.15) is 33.1 Å². The molecule has 0 unspecified atom stereocenters.